The zero-order chi connectivity index (χ0) is 16.6. The lowest BCUT2D eigenvalue weighted by atomic mass is 9.95. The van der Waals surface area contributed by atoms with Gasteiger partial charge in [0.25, 0.3) is 0 Å². The third-order valence-electron chi connectivity index (χ3n) is 5.17. The van der Waals surface area contributed by atoms with Crippen LogP contribution in [0.5, 0.6) is 0 Å². The van der Waals surface area contributed by atoms with Crippen LogP contribution in [0.25, 0.3) is 0 Å². The molecular formula is C16H25N5OS. The Balaban J connectivity index is 1.49. The highest BCUT2D eigenvalue weighted by Gasteiger charge is 2.39. The molecule has 2 fully saturated rings. The minimum absolute atomic E-state index is 0.0859. The Morgan fingerprint density at radius 2 is 2.17 bits per heavy atom. The Morgan fingerprint density at radius 3 is 2.74 bits per heavy atom. The quantitative estimate of drug-likeness (QED) is 0.734. The topological polar surface area (TPSA) is 73.0 Å². The van der Waals surface area contributed by atoms with Gasteiger partial charge in [0.15, 0.2) is 5.11 Å². The summed E-state index contributed by atoms with van der Waals surface area (Å²) in [5, 5.41) is 14.0. The van der Waals surface area contributed by atoms with Crippen LogP contribution in [0.15, 0.2) is 0 Å². The molecule has 2 aliphatic carbocycles. The van der Waals surface area contributed by atoms with E-state index in [1.54, 1.807) is 4.90 Å². The van der Waals surface area contributed by atoms with Gasteiger partial charge in [0.1, 0.15) is 0 Å². The largest absolute Gasteiger partial charge is 0.360 e. The molecule has 0 aliphatic heterocycles. The summed E-state index contributed by atoms with van der Waals surface area (Å²) in [6, 6.07) is 0.491. The smallest absolute Gasteiger partial charge is 0.244 e. The SMILES string of the molecule is Cc1n[nH]c(C)c1NC(=O)CN(C)C(=S)N[C@@H]1C[C@@H]2CC[C@@H]1C2. The number of likely N-dealkylation sites (N-methyl/N-ethyl adjacent to an activating group) is 1. The minimum atomic E-state index is -0.0859. The molecule has 0 spiro atoms. The first-order valence-electron chi connectivity index (χ1n) is 8.27. The molecule has 3 atom stereocenters. The highest BCUT2D eigenvalue weighted by atomic mass is 32.1. The molecule has 1 aromatic rings. The van der Waals surface area contributed by atoms with Crippen molar-refractivity contribution >= 4 is 28.9 Å². The van der Waals surface area contributed by atoms with Crippen LogP contribution in [0.1, 0.15) is 37.1 Å². The van der Waals surface area contributed by atoms with Crippen molar-refractivity contribution in [2.24, 2.45) is 11.8 Å². The summed E-state index contributed by atoms with van der Waals surface area (Å²) in [6.45, 7) is 3.99. The molecule has 3 N–H and O–H groups in total. The number of amides is 1. The summed E-state index contributed by atoms with van der Waals surface area (Å²) in [4.78, 5) is 14.0. The summed E-state index contributed by atoms with van der Waals surface area (Å²) < 4.78 is 0. The van der Waals surface area contributed by atoms with Crippen LogP contribution >= 0.6 is 12.2 Å². The average Bonchev–Trinajstić information content (AvgIpc) is 3.19. The van der Waals surface area contributed by atoms with Crippen LogP contribution in [0.3, 0.4) is 0 Å². The highest BCUT2D eigenvalue weighted by Crippen LogP contribution is 2.44. The van der Waals surface area contributed by atoms with E-state index in [-0.39, 0.29) is 12.5 Å². The molecule has 0 unspecified atom stereocenters. The van der Waals surface area contributed by atoms with Gasteiger partial charge in [-0.05, 0) is 57.2 Å². The van der Waals surface area contributed by atoms with E-state index in [1.807, 2.05) is 20.9 Å². The first-order chi connectivity index (χ1) is 10.9. The third kappa shape index (κ3) is 3.49. The molecule has 1 aromatic heterocycles. The molecule has 23 heavy (non-hydrogen) atoms. The standard InChI is InChI=1S/C16H25N5OS/c1-9-15(10(2)20-19-9)18-14(22)8-21(3)16(23)17-13-7-11-4-5-12(13)6-11/h11-13H,4-8H2,1-3H3,(H,17,23)(H,18,22)(H,19,20)/t11-,12-,13-/m1/s1. The molecule has 2 saturated carbocycles. The first-order valence-corrected chi connectivity index (χ1v) is 8.68. The van der Waals surface area contributed by atoms with Crippen molar-refractivity contribution < 1.29 is 4.79 Å². The van der Waals surface area contributed by atoms with Crippen molar-refractivity contribution in [1.82, 2.24) is 20.4 Å². The van der Waals surface area contributed by atoms with E-state index in [1.165, 1.54) is 25.7 Å². The van der Waals surface area contributed by atoms with E-state index >= 15 is 0 Å². The van der Waals surface area contributed by atoms with Gasteiger partial charge in [-0.15, -0.1) is 0 Å². The van der Waals surface area contributed by atoms with E-state index in [4.69, 9.17) is 12.2 Å². The molecule has 2 aliphatic rings. The van der Waals surface area contributed by atoms with Gasteiger partial charge in [-0.2, -0.15) is 5.10 Å². The lowest BCUT2D eigenvalue weighted by molar-refractivity contribution is -0.116. The van der Waals surface area contributed by atoms with Gasteiger partial charge in [0.05, 0.1) is 23.6 Å². The number of H-pyrrole nitrogens is 1. The number of aromatic amines is 1. The molecule has 7 heteroatoms. The number of aryl methyl sites for hydroxylation is 2. The number of hydrogen-bond donors (Lipinski definition) is 3. The molecule has 0 radical (unpaired) electrons. The molecular weight excluding hydrogens is 310 g/mol. The van der Waals surface area contributed by atoms with Crippen molar-refractivity contribution in [2.75, 3.05) is 18.9 Å². The predicted octanol–water partition coefficient (Wildman–Crippen LogP) is 1.96. The van der Waals surface area contributed by atoms with Crippen molar-refractivity contribution in [3.05, 3.63) is 11.4 Å². The number of carbonyl (C=O) groups is 1. The fourth-order valence-electron chi connectivity index (χ4n) is 3.89. The molecule has 3 rings (SSSR count). The number of hydrogen-bond acceptors (Lipinski definition) is 3. The summed E-state index contributed by atoms with van der Waals surface area (Å²) in [5.74, 6) is 1.55. The van der Waals surface area contributed by atoms with Crippen LogP contribution < -0.4 is 10.6 Å². The van der Waals surface area contributed by atoms with Gasteiger partial charge in [-0.1, -0.05) is 6.42 Å². The number of fused-ring (bicyclic) bond motifs is 2. The Labute approximate surface area is 142 Å². The second-order valence-electron chi connectivity index (χ2n) is 6.94. The van der Waals surface area contributed by atoms with Gasteiger partial charge in [0.2, 0.25) is 5.91 Å². The number of nitrogens with one attached hydrogen (secondary N) is 3. The van der Waals surface area contributed by atoms with Crippen LogP contribution in [0.4, 0.5) is 5.69 Å². The molecule has 0 aromatic carbocycles. The monoisotopic (exact) mass is 335 g/mol. The summed E-state index contributed by atoms with van der Waals surface area (Å²) in [6.07, 6.45) is 5.24. The number of carbonyl (C=O) groups excluding carboxylic acids is 1. The summed E-state index contributed by atoms with van der Waals surface area (Å²) >= 11 is 5.46. The predicted molar refractivity (Wildman–Crippen MR) is 94.3 cm³/mol. The normalized spacial score (nSPS) is 25.4. The number of anilines is 1. The zero-order valence-corrected chi connectivity index (χ0v) is 14.8. The van der Waals surface area contributed by atoms with Crippen LogP contribution in [0.2, 0.25) is 0 Å². The molecule has 126 valence electrons. The van der Waals surface area contributed by atoms with Gasteiger partial charge in [0, 0.05) is 13.1 Å². The molecule has 1 amide bonds. The van der Waals surface area contributed by atoms with Crippen molar-refractivity contribution in [3.8, 4) is 0 Å². The third-order valence-corrected chi connectivity index (χ3v) is 5.60. The van der Waals surface area contributed by atoms with Crippen LogP contribution in [-0.2, 0) is 4.79 Å². The number of aromatic nitrogens is 2. The summed E-state index contributed by atoms with van der Waals surface area (Å²) in [5.41, 5.74) is 2.41. The van der Waals surface area contributed by atoms with Crippen molar-refractivity contribution in [3.63, 3.8) is 0 Å². The zero-order valence-electron chi connectivity index (χ0n) is 14.0. The Morgan fingerprint density at radius 1 is 1.39 bits per heavy atom. The molecule has 6 nitrogen and oxygen atoms in total. The maximum Gasteiger partial charge on any atom is 0.244 e. The Kier molecular flexibility index (Phi) is 4.57. The van der Waals surface area contributed by atoms with Gasteiger partial charge in [-0.25, -0.2) is 0 Å². The lowest BCUT2D eigenvalue weighted by Crippen LogP contribution is -2.47. The second-order valence-corrected chi connectivity index (χ2v) is 7.33. The molecule has 1 heterocycles. The van der Waals surface area contributed by atoms with Crippen molar-refractivity contribution in [1.29, 1.82) is 0 Å². The van der Waals surface area contributed by atoms with Gasteiger partial charge >= 0.3 is 0 Å². The van der Waals surface area contributed by atoms with E-state index in [0.29, 0.717) is 11.2 Å². The maximum absolute atomic E-state index is 12.2. The van der Waals surface area contributed by atoms with E-state index in [9.17, 15) is 4.79 Å². The first kappa shape index (κ1) is 16.2. The number of thiocarbonyl (C=S) groups is 1. The van der Waals surface area contributed by atoms with E-state index in [0.717, 1.165) is 28.9 Å². The van der Waals surface area contributed by atoms with Crippen molar-refractivity contribution in [2.45, 2.75) is 45.6 Å². The minimum Gasteiger partial charge on any atom is -0.360 e. The average molecular weight is 335 g/mol. The molecule has 0 saturated heterocycles. The van der Waals surface area contributed by atoms with E-state index < -0.39 is 0 Å². The van der Waals surface area contributed by atoms with Crippen LogP contribution in [0, 0.1) is 25.7 Å². The Bertz CT molecular complexity index is 594. The van der Waals surface area contributed by atoms with E-state index in [2.05, 4.69) is 20.8 Å². The fourth-order valence-corrected chi connectivity index (χ4v) is 4.11. The summed E-state index contributed by atoms with van der Waals surface area (Å²) in [7, 11) is 1.86. The number of nitrogens with zero attached hydrogens (tertiary/aromatic N) is 2. The number of rotatable bonds is 4. The van der Waals surface area contributed by atoms with Gasteiger partial charge < -0.3 is 15.5 Å². The lowest BCUT2D eigenvalue weighted by Gasteiger charge is -2.28. The Hall–Kier alpha value is -1.63. The maximum atomic E-state index is 12.2. The second kappa shape index (κ2) is 6.47. The fraction of sp³-hybridized carbons (Fsp3) is 0.688. The molecule has 2 bridgehead atoms. The highest BCUT2D eigenvalue weighted by molar-refractivity contribution is 7.80. The van der Waals surface area contributed by atoms with Gasteiger partial charge in [-0.3, -0.25) is 9.89 Å². The van der Waals surface area contributed by atoms with Crippen LogP contribution in [-0.4, -0.2) is 45.8 Å².